The molecule has 1 fully saturated rings. The number of likely N-dealkylation sites (N-methyl/N-ethyl adjacent to an activating group) is 1. The second kappa shape index (κ2) is 7.96. The molecule has 20 heavy (non-hydrogen) atoms. The Balaban J connectivity index is 2.21. The van der Waals surface area contributed by atoms with E-state index in [4.69, 9.17) is 14.2 Å². The lowest BCUT2D eigenvalue weighted by molar-refractivity contribution is -0.227. The summed E-state index contributed by atoms with van der Waals surface area (Å²) in [5.41, 5.74) is 0.0711. The lowest BCUT2D eigenvalue weighted by Crippen LogP contribution is -2.39. The van der Waals surface area contributed by atoms with Crippen molar-refractivity contribution in [3.63, 3.8) is 0 Å². The van der Waals surface area contributed by atoms with Crippen LogP contribution in [-0.2, 0) is 19.0 Å². The van der Waals surface area contributed by atoms with Crippen LogP contribution >= 0.6 is 0 Å². The molecule has 0 aromatic carbocycles. The number of hydrogen-bond acceptors (Lipinski definition) is 5. The van der Waals surface area contributed by atoms with E-state index in [1.807, 2.05) is 0 Å². The van der Waals surface area contributed by atoms with Crippen LogP contribution in [0.25, 0.3) is 0 Å². The molecule has 0 amide bonds. The van der Waals surface area contributed by atoms with Crippen molar-refractivity contribution >= 4 is 5.97 Å². The highest BCUT2D eigenvalue weighted by Crippen LogP contribution is 2.24. The Morgan fingerprint density at radius 3 is 2.45 bits per heavy atom. The van der Waals surface area contributed by atoms with E-state index in [0.29, 0.717) is 32.2 Å². The molecule has 1 aliphatic heterocycles. The fourth-order valence-corrected chi connectivity index (χ4v) is 2.05. The molecule has 0 bridgehead atoms. The second-order valence-electron chi connectivity index (χ2n) is 6.64. The van der Waals surface area contributed by atoms with E-state index in [1.165, 1.54) is 0 Å². The minimum atomic E-state index is -0.256. The lowest BCUT2D eigenvalue weighted by atomic mass is 9.95. The number of esters is 1. The SMILES string of the molecule is CN[C@@H](CC(C)C)C(=O)OCCC1OCC(C)(C)CO1. The molecule has 0 radical (unpaired) electrons. The summed E-state index contributed by atoms with van der Waals surface area (Å²) in [5.74, 6) is 0.254. The summed E-state index contributed by atoms with van der Waals surface area (Å²) >= 11 is 0. The summed E-state index contributed by atoms with van der Waals surface area (Å²) in [4.78, 5) is 11.9. The van der Waals surface area contributed by atoms with Gasteiger partial charge in [0.2, 0.25) is 0 Å². The van der Waals surface area contributed by atoms with Crippen LogP contribution in [0.15, 0.2) is 0 Å². The van der Waals surface area contributed by atoms with Crippen LogP contribution in [0.1, 0.15) is 40.5 Å². The van der Waals surface area contributed by atoms with Crippen molar-refractivity contribution in [1.82, 2.24) is 5.32 Å². The van der Waals surface area contributed by atoms with Crippen molar-refractivity contribution in [2.75, 3.05) is 26.9 Å². The van der Waals surface area contributed by atoms with Gasteiger partial charge >= 0.3 is 5.97 Å². The maximum atomic E-state index is 11.9. The van der Waals surface area contributed by atoms with Gasteiger partial charge in [-0.1, -0.05) is 27.7 Å². The summed E-state index contributed by atoms with van der Waals surface area (Å²) < 4.78 is 16.5. The van der Waals surface area contributed by atoms with Crippen molar-refractivity contribution in [2.45, 2.75) is 52.9 Å². The zero-order valence-corrected chi connectivity index (χ0v) is 13.4. The molecule has 1 aliphatic rings. The lowest BCUT2D eigenvalue weighted by Gasteiger charge is -2.34. The smallest absolute Gasteiger partial charge is 0.323 e. The Labute approximate surface area is 122 Å². The zero-order chi connectivity index (χ0) is 15.2. The van der Waals surface area contributed by atoms with Gasteiger partial charge in [-0.25, -0.2) is 0 Å². The Morgan fingerprint density at radius 2 is 1.95 bits per heavy atom. The third kappa shape index (κ3) is 6.20. The molecule has 118 valence electrons. The average molecular weight is 287 g/mol. The van der Waals surface area contributed by atoms with Crippen LogP contribution in [-0.4, -0.2) is 45.2 Å². The van der Waals surface area contributed by atoms with Gasteiger partial charge in [0.15, 0.2) is 6.29 Å². The van der Waals surface area contributed by atoms with E-state index >= 15 is 0 Å². The second-order valence-corrected chi connectivity index (χ2v) is 6.64. The van der Waals surface area contributed by atoms with E-state index in [9.17, 15) is 4.79 Å². The predicted molar refractivity (Wildman–Crippen MR) is 77.4 cm³/mol. The fraction of sp³-hybridized carbons (Fsp3) is 0.933. The topological polar surface area (TPSA) is 56.8 Å². The molecule has 0 aliphatic carbocycles. The Kier molecular flexibility index (Phi) is 6.92. The van der Waals surface area contributed by atoms with Crippen molar-refractivity contribution in [3.8, 4) is 0 Å². The number of nitrogens with one attached hydrogen (secondary N) is 1. The van der Waals surface area contributed by atoms with Gasteiger partial charge in [0.25, 0.3) is 0 Å². The molecule has 5 heteroatoms. The Bertz CT molecular complexity index is 294. The van der Waals surface area contributed by atoms with Crippen LogP contribution in [0.2, 0.25) is 0 Å². The summed E-state index contributed by atoms with van der Waals surface area (Å²) in [7, 11) is 1.78. The fourth-order valence-electron chi connectivity index (χ4n) is 2.05. The van der Waals surface area contributed by atoms with E-state index in [2.05, 4.69) is 33.0 Å². The number of carbonyl (C=O) groups excluding carboxylic acids is 1. The van der Waals surface area contributed by atoms with Crippen LogP contribution in [0.5, 0.6) is 0 Å². The van der Waals surface area contributed by atoms with Crippen LogP contribution in [0.4, 0.5) is 0 Å². The molecular formula is C15H29NO4. The van der Waals surface area contributed by atoms with Crippen LogP contribution < -0.4 is 5.32 Å². The van der Waals surface area contributed by atoms with E-state index in [0.717, 1.165) is 6.42 Å². The number of ether oxygens (including phenoxy) is 3. The molecule has 1 saturated heterocycles. The first-order chi connectivity index (χ1) is 9.34. The van der Waals surface area contributed by atoms with Gasteiger partial charge in [-0.05, 0) is 19.4 Å². The molecular weight excluding hydrogens is 258 g/mol. The molecule has 1 heterocycles. The maximum absolute atomic E-state index is 11.9. The number of rotatable bonds is 7. The van der Waals surface area contributed by atoms with Gasteiger partial charge < -0.3 is 19.5 Å². The normalized spacial score (nSPS) is 20.9. The van der Waals surface area contributed by atoms with E-state index in [1.54, 1.807) is 7.05 Å². The first kappa shape index (κ1) is 17.4. The minimum Gasteiger partial charge on any atom is -0.464 e. The van der Waals surface area contributed by atoms with Gasteiger partial charge in [0, 0.05) is 11.8 Å². The van der Waals surface area contributed by atoms with Gasteiger partial charge in [0.1, 0.15) is 6.04 Å². The van der Waals surface area contributed by atoms with Gasteiger partial charge in [-0.3, -0.25) is 4.79 Å². The third-order valence-corrected chi connectivity index (χ3v) is 3.26. The average Bonchev–Trinajstić information content (AvgIpc) is 2.37. The molecule has 0 saturated carbocycles. The molecule has 0 aromatic heterocycles. The van der Waals surface area contributed by atoms with Crippen molar-refractivity contribution in [3.05, 3.63) is 0 Å². The van der Waals surface area contributed by atoms with E-state index < -0.39 is 0 Å². The summed E-state index contributed by atoms with van der Waals surface area (Å²) in [6, 6.07) is -0.234. The van der Waals surface area contributed by atoms with Crippen LogP contribution in [0.3, 0.4) is 0 Å². The molecule has 1 atom stereocenters. The largest absolute Gasteiger partial charge is 0.464 e. The van der Waals surface area contributed by atoms with Gasteiger partial charge in [-0.15, -0.1) is 0 Å². The van der Waals surface area contributed by atoms with Crippen molar-refractivity contribution in [2.24, 2.45) is 11.3 Å². The predicted octanol–water partition coefficient (Wildman–Crippen LogP) is 1.95. The monoisotopic (exact) mass is 287 g/mol. The van der Waals surface area contributed by atoms with E-state index in [-0.39, 0.29) is 23.7 Å². The maximum Gasteiger partial charge on any atom is 0.323 e. The third-order valence-electron chi connectivity index (χ3n) is 3.26. The Hall–Kier alpha value is -0.650. The molecule has 0 aromatic rings. The minimum absolute atomic E-state index is 0.0711. The highest BCUT2D eigenvalue weighted by Gasteiger charge is 2.28. The van der Waals surface area contributed by atoms with Crippen molar-refractivity contribution in [1.29, 1.82) is 0 Å². The first-order valence-electron chi connectivity index (χ1n) is 7.41. The zero-order valence-electron chi connectivity index (χ0n) is 13.4. The molecule has 1 rings (SSSR count). The number of hydrogen-bond donors (Lipinski definition) is 1. The summed E-state index contributed by atoms with van der Waals surface area (Å²) in [5, 5.41) is 3.00. The summed E-state index contributed by atoms with van der Waals surface area (Å²) in [6.07, 6.45) is 1.11. The quantitative estimate of drug-likeness (QED) is 0.725. The first-order valence-corrected chi connectivity index (χ1v) is 7.41. The molecule has 5 nitrogen and oxygen atoms in total. The summed E-state index contributed by atoms with van der Waals surface area (Å²) in [6.45, 7) is 10.1. The highest BCUT2D eigenvalue weighted by molar-refractivity contribution is 5.75. The van der Waals surface area contributed by atoms with Gasteiger partial charge in [-0.2, -0.15) is 0 Å². The molecule has 0 spiro atoms. The standard InChI is InChI=1S/C15H29NO4/c1-11(2)8-12(16-5)14(17)18-7-6-13-19-9-15(3,4)10-20-13/h11-13,16H,6-10H2,1-5H3/t12-/m0/s1. The Morgan fingerprint density at radius 1 is 1.35 bits per heavy atom. The highest BCUT2D eigenvalue weighted by atomic mass is 16.7. The number of carbonyl (C=O) groups is 1. The molecule has 0 unspecified atom stereocenters. The van der Waals surface area contributed by atoms with Crippen LogP contribution in [0, 0.1) is 11.3 Å². The van der Waals surface area contributed by atoms with Gasteiger partial charge in [0.05, 0.1) is 19.8 Å². The molecule has 1 N–H and O–H groups in total. The van der Waals surface area contributed by atoms with Crippen molar-refractivity contribution < 1.29 is 19.0 Å².